The summed E-state index contributed by atoms with van der Waals surface area (Å²) in [4.78, 5) is 0.582. The van der Waals surface area contributed by atoms with Crippen molar-refractivity contribution in [1.29, 1.82) is 0 Å². The van der Waals surface area contributed by atoms with E-state index in [2.05, 4.69) is 43.4 Å². The molecule has 0 radical (unpaired) electrons. The highest BCUT2D eigenvalue weighted by molar-refractivity contribution is 7.99. The van der Waals surface area contributed by atoms with Crippen molar-refractivity contribution < 1.29 is 8.78 Å². The first-order valence-corrected chi connectivity index (χ1v) is 7.84. The molecule has 2 aromatic carbocycles. The predicted octanol–water partition coefficient (Wildman–Crippen LogP) is 5.87. The molecule has 0 saturated heterocycles. The number of hydrogen-bond acceptors (Lipinski definition) is 2. The van der Waals surface area contributed by atoms with Crippen molar-refractivity contribution in [3.8, 4) is 0 Å². The van der Waals surface area contributed by atoms with E-state index in [1.54, 1.807) is 12.1 Å². The van der Waals surface area contributed by atoms with Crippen LogP contribution in [0.3, 0.4) is 0 Å². The van der Waals surface area contributed by atoms with Crippen LogP contribution >= 0.6 is 11.8 Å². The Morgan fingerprint density at radius 2 is 1.62 bits per heavy atom. The summed E-state index contributed by atoms with van der Waals surface area (Å²) in [5.41, 5.74) is 3.41. The van der Waals surface area contributed by atoms with Gasteiger partial charge in [0.05, 0.1) is 6.04 Å². The van der Waals surface area contributed by atoms with Crippen LogP contribution in [0, 0.1) is 6.92 Å². The zero-order valence-corrected chi connectivity index (χ0v) is 13.0. The van der Waals surface area contributed by atoms with Crippen LogP contribution in [0.5, 0.6) is 0 Å². The molecule has 1 atom stereocenters. The molecule has 0 heterocycles. The van der Waals surface area contributed by atoms with Gasteiger partial charge < -0.3 is 5.32 Å². The molecule has 0 spiro atoms. The van der Waals surface area contributed by atoms with Crippen molar-refractivity contribution in [3.05, 3.63) is 59.7 Å². The van der Waals surface area contributed by atoms with Crippen molar-refractivity contribution in [1.82, 2.24) is 0 Å². The summed E-state index contributed by atoms with van der Waals surface area (Å²) in [5.74, 6) is -2.38. The molecule has 112 valence electrons. The summed E-state index contributed by atoms with van der Waals surface area (Å²) in [6.07, 6.45) is 0.955. The van der Waals surface area contributed by atoms with Gasteiger partial charge in [-0.1, -0.05) is 48.5 Å². The Balaban J connectivity index is 2.06. The molecule has 0 aliphatic heterocycles. The zero-order chi connectivity index (χ0) is 15.2. The van der Waals surface area contributed by atoms with Gasteiger partial charge in [0.25, 0.3) is 5.76 Å². The average molecular weight is 307 g/mol. The Kier molecular flexibility index (Phi) is 5.62. The van der Waals surface area contributed by atoms with E-state index in [9.17, 15) is 8.78 Å². The molecule has 0 saturated carbocycles. The predicted molar refractivity (Wildman–Crippen MR) is 86.1 cm³/mol. The number of anilines is 1. The van der Waals surface area contributed by atoms with Crippen molar-refractivity contribution >= 4 is 17.4 Å². The molecule has 1 nitrogen and oxygen atoms in total. The topological polar surface area (TPSA) is 12.0 Å². The maximum atomic E-state index is 12.3. The number of hydrogen-bond donors (Lipinski definition) is 1. The SMILES string of the molecule is CCC(Nc1ccc(SC(F)F)cc1)c1ccc(C)cc1. The molecule has 4 heteroatoms. The lowest BCUT2D eigenvalue weighted by Gasteiger charge is -2.19. The largest absolute Gasteiger partial charge is 0.378 e. The Labute approximate surface area is 128 Å². The zero-order valence-electron chi connectivity index (χ0n) is 12.1. The highest BCUT2D eigenvalue weighted by Gasteiger charge is 2.09. The fourth-order valence-electron chi connectivity index (χ4n) is 2.15. The molecule has 1 N–H and O–H groups in total. The van der Waals surface area contributed by atoms with E-state index in [-0.39, 0.29) is 6.04 Å². The lowest BCUT2D eigenvalue weighted by molar-refractivity contribution is 0.252. The molecule has 2 aromatic rings. The van der Waals surface area contributed by atoms with Crippen molar-refractivity contribution in [2.24, 2.45) is 0 Å². The van der Waals surface area contributed by atoms with Crippen LogP contribution in [0.1, 0.15) is 30.5 Å². The second kappa shape index (κ2) is 7.46. The lowest BCUT2D eigenvalue weighted by atomic mass is 10.0. The average Bonchev–Trinajstić information content (AvgIpc) is 2.47. The minimum Gasteiger partial charge on any atom is -0.378 e. The Hall–Kier alpha value is -1.55. The van der Waals surface area contributed by atoms with Gasteiger partial charge in [-0.2, -0.15) is 8.78 Å². The number of benzene rings is 2. The van der Waals surface area contributed by atoms with E-state index >= 15 is 0 Å². The molecule has 0 fully saturated rings. The van der Waals surface area contributed by atoms with Crippen LogP contribution in [-0.4, -0.2) is 5.76 Å². The third kappa shape index (κ3) is 4.74. The first-order valence-electron chi connectivity index (χ1n) is 6.96. The number of aryl methyl sites for hydroxylation is 1. The van der Waals surface area contributed by atoms with Crippen molar-refractivity contribution in [2.75, 3.05) is 5.32 Å². The van der Waals surface area contributed by atoms with Crippen molar-refractivity contribution in [2.45, 2.75) is 37.0 Å². The van der Waals surface area contributed by atoms with Gasteiger partial charge in [0, 0.05) is 10.6 Å². The van der Waals surface area contributed by atoms with E-state index in [0.717, 1.165) is 12.1 Å². The number of halogens is 2. The number of rotatable bonds is 6. The maximum Gasteiger partial charge on any atom is 0.288 e. The van der Waals surface area contributed by atoms with Crippen LogP contribution in [0.2, 0.25) is 0 Å². The highest BCUT2D eigenvalue weighted by Crippen LogP contribution is 2.28. The molecule has 0 aliphatic carbocycles. The van der Waals surface area contributed by atoms with Crippen LogP contribution in [0.15, 0.2) is 53.4 Å². The van der Waals surface area contributed by atoms with Gasteiger partial charge in [0.15, 0.2) is 0 Å². The first kappa shape index (κ1) is 15.8. The molecule has 0 bridgehead atoms. The molecule has 0 aromatic heterocycles. The summed E-state index contributed by atoms with van der Waals surface area (Å²) >= 11 is 0.569. The smallest absolute Gasteiger partial charge is 0.288 e. The fourth-order valence-corrected chi connectivity index (χ4v) is 2.65. The molecule has 0 amide bonds. The molecule has 2 rings (SSSR count). The lowest BCUT2D eigenvalue weighted by Crippen LogP contribution is -2.09. The first-order chi connectivity index (χ1) is 10.1. The Morgan fingerprint density at radius 1 is 1.00 bits per heavy atom. The minimum absolute atomic E-state index is 0.221. The molecule has 21 heavy (non-hydrogen) atoms. The van der Waals surface area contributed by atoms with Crippen LogP contribution in [0.25, 0.3) is 0 Å². The molecule has 1 unspecified atom stereocenters. The molecule has 0 aliphatic rings. The van der Waals surface area contributed by atoms with E-state index in [4.69, 9.17) is 0 Å². The third-order valence-electron chi connectivity index (χ3n) is 3.31. The van der Waals surface area contributed by atoms with Crippen LogP contribution in [-0.2, 0) is 0 Å². The van der Waals surface area contributed by atoms with E-state index in [0.29, 0.717) is 16.7 Å². The van der Waals surface area contributed by atoms with Crippen LogP contribution < -0.4 is 5.32 Å². The quantitative estimate of drug-likeness (QED) is 0.669. The third-order valence-corrected chi connectivity index (χ3v) is 4.03. The second-order valence-electron chi connectivity index (χ2n) is 4.92. The normalized spacial score (nSPS) is 12.4. The standard InChI is InChI=1S/C17H19F2NS/c1-3-16(13-6-4-12(2)5-7-13)20-14-8-10-15(11-9-14)21-17(18)19/h4-11,16-17,20H,3H2,1-2H3. The fraction of sp³-hybridized carbons (Fsp3) is 0.294. The van der Waals surface area contributed by atoms with Gasteiger partial charge in [-0.25, -0.2) is 0 Å². The van der Waals surface area contributed by atoms with Gasteiger partial charge in [-0.3, -0.25) is 0 Å². The number of thioether (sulfide) groups is 1. The molecular weight excluding hydrogens is 288 g/mol. The summed E-state index contributed by atoms with van der Waals surface area (Å²) in [6.45, 7) is 4.19. The minimum atomic E-state index is -2.38. The van der Waals surface area contributed by atoms with E-state index in [1.165, 1.54) is 11.1 Å². The maximum absolute atomic E-state index is 12.3. The summed E-state index contributed by atoms with van der Waals surface area (Å²) < 4.78 is 24.6. The van der Waals surface area contributed by atoms with E-state index < -0.39 is 5.76 Å². The van der Waals surface area contributed by atoms with Crippen LogP contribution in [0.4, 0.5) is 14.5 Å². The summed E-state index contributed by atoms with van der Waals surface area (Å²) in [7, 11) is 0. The van der Waals surface area contributed by atoms with Crippen molar-refractivity contribution in [3.63, 3.8) is 0 Å². The highest BCUT2D eigenvalue weighted by atomic mass is 32.2. The Morgan fingerprint density at radius 3 is 2.14 bits per heavy atom. The summed E-state index contributed by atoms with van der Waals surface area (Å²) in [6, 6.07) is 15.8. The van der Waals surface area contributed by atoms with E-state index in [1.807, 2.05) is 12.1 Å². The summed E-state index contributed by atoms with van der Waals surface area (Å²) in [5, 5.41) is 3.45. The number of nitrogens with one attached hydrogen (secondary N) is 1. The molecular formula is C17H19F2NS. The Bertz CT molecular complexity index is 552. The monoisotopic (exact) mass is 307 g/mol. The van der Waals surface area contributed by atoms with Gasteiger partial charge >= 0.3 is 0 Å². The number of alkyl halides is 2. The van der Waals surface area contributed by atoms with Gasteiger partial charge in [-0.05, 0) is 43.2 Å². The van der Waals surface area contributed by atoms with Gasteiger partial charge in [-0.15, -0.1) is 0 Å². The second-order valence-corrected chi connectivity index (χ2v) is 5.98. The van der Waals surface area contributed by atoms with Gasteiger partial charge in [0.1, 0.15) is 0 Å². The van der Waals surface area contributed by atoms with Gasteiger partial charge in [0.2, 0.25) is 0 Å².